The second-order valence-corrected chi connectivity index (χ2v) is 6.95. The zero-order valence-electron chi connectivity index (χ0n) is 14.6. The van der Waals surface area contributed by atoms with E-state index in [1.807, 2.05) is 42.5 Å². The van der Waals surface area contributed by atoms with Crippen LogP contribution in [0.25, 0.3) is 0 Å². The Bertz CT molecular complexity index is 635. The van der Waals surface area contributed by atoms with E-state index in [9.17, 15) is 10.2 Å². The van der Waals surface area contributed by atoms with Crippen molar-refractivity contribution in [3.63, 3.8) is 0 Å². The summed E-state index contributed by atoms with van der Waals surface area (Å²) in [7, 11) is 0. The Morgan fingerprint density at radius 3 is 2.42 bits per heavy atom. The predicted octanol–water partition coefficient (Wildman–Crippen LogP) is 3.18. The first-order valence-electron chi connectivity index (χ1n) is 8.22. The van der Waals surface area contributed by atoms with Crippen LogP contribution in [0.15, 0.2) is 48.5 Å². The highest BCUT2D eigenvalue weighted by molar-refractivity contribution is 5.38. The second kappa shape index (κ2) is 8.29. The van der Waals surface area contributed by atoms with Gasteiger partial charge in [-0.2, -0.15) is 0 Å². The van der Waals surface area contributed by atoms with E-state index in [2.05, 4.69) is 26.1 Å². The van der Waals surface area contributed by atoms with Crippen LogP contribution in [0.3, 0.4) is 0 Å². The SMILES string of the molecule is CC(C)(C)NC[C@@H](O)c1ccc(OCc2ccccc2)c(CO)c1. The Balaban J connectivity index is 2.04. The van der Waals surface area contributed by atoms with Crippen molar-refractivity contribution in [2.45, 2.75) is 45.6 Å². The molecule has 2 aromatic carbocycles. The van der Waals surface area contributed by atoms with Crippen LogP contribution in [-0.2, 0) is 13.2 Å². The molecule has 4 nitrogen and oxygen atoms in total. The zero-order valence-corrected chi connectivity index (χ0v) is 14.6. The van der Waals surface area contributed by atoms with Gasteiger partial charge in [0, 0.05) is 17.6 Å². The van der Waals surface area contributed by atoms with Gasteiger partial charge in [-0.05, 0) is 44.0 Å². The molecule has 130 valence electrons. The molecule has 0 unspecified atom stereocenters. The summed E-state index contributed by atoms with van der Waals surface area (Å²) >= 11 is 0. The van der Waals surface area contributed by atoms with Gasteiger partial charge >= 0.3 is 0 Å². The number of aliphatic hydroxyl groups is 2. The quantitative estimate of drug-likeness (QED) is 0.730. The van der Waals surface area contributed by atoms with Gasteiger partial charge in [-0.25, -0.2) is 0 Å². The molecule has 0 radical (unpaired) electrons. The molecule has 0 bridgehead atoms. The number of hydrogen-bond donors (Lipinski definition) is 3. The number of nitrogens with one attached hydrogen (secondary N) is 1. The van der Waals surface area contributed by atoms with E-state index in [1.54, 1.807) is 6.07 Å². The highest BCUT2D eigenvalue weighted by Crippen LogP contribution is 2.25. The maximum absolute atomic E-state index is 10.3. The van der Waals surface area contributed by atoms with Crippen LogP contribution in [0.1, 0.15) is 43.6 Å². The van der Waals surface area contributed by atoms with Gasteiger partial charge in [-0.1, -0.05) is 36.4 Å². The Labute approximate surface area is 144 Å². The Hall–Kier alpha value is -1.88. The minimum Gasteiger partial charge on any atom is -0.489 e. The predicted molar refractivity (Wildman–Crippen MR) is 95.9 cm³/mol. The summed E-state index contributed by atoms with van der Waals surface area (Å²) in [6.45, 7) is 6.94. The Morgan fingerprint density at radius 2 is 1.79 bits per heavy atom. The number of hydrogen-bond acceptors (Lipinski definition) is 4. The average molecular weight is 329 g/mol. The largest absolute Gasteiger partial charge is 0.489 e. The third-order valence-electron chi connectivity index (χ3n) is 3.70. The van der Waals surface area contributed by atoms with Crippen LogP contribution < -0.4 is 10.1 Å². The summed E-state index contributed by atoms with van der Waals surface area (Å²) in [5.74, 6) is 0.640. The van der Waals surface area contributed by atoms with Gasteiger partial charge in [-0.15, -0.1) is 0 Å². The fraction of sp³-hybridized carbons (Fsp3) is 0.400. The monoisotopic (exact) mass is 329 g/mol. The summed E-state index contributed by atoms with van der Waals surface area (Å²) in [5, 5.41) is 23.2. The number of aliphatic hydroxyl groups excluding tert-OH is 2. The van der Waals surface area contributed by atoms with Crippen molar-refractivity contribution in [1.29, 1.82) is 0 Å². The smallest absolute Gasteiger partial charge is 0.125 e. The molecule has 0 aliphatic rings. The molecule has 2 rings (SSSR count). The maximum atomic E-state index is 10.3. The van der Waals surface area contributed by atoms with Crippen molar-refractivity contribution in [1.82, 2.24) is 5.32 Å². The summed E-state index contributed by atoms with van der Waals surface area (Å²) in [6, 6.07) is 15.3. The van der Waals surface area contributed by atoms with Gasteiger partial charge in [0.05, 0.1) is 12.7 Å². The fourth-order valence-corrected chi connectivity index (χ4v) is 2.33. The van der Waals surface area contributed by atoms with Crippen molar-refractivity contribution in [3.05, 3.63) is 65.2 Å². The van der Waals surface area contributed by atoms with Gasteiger partial charge in [-0.3, -0.25) is 0 Å². The molecular weight excluding hydrogens is 302 g/mol. The standard InChI is InChI=1S/C20H27NO3/c1-20(2,3)21-12-18(23)16-9-10-19(17(11-16)13-22)24-14-15-7-5-4-6-8-15/h4-11,18,21-23H,12-14H2,1-3H3/t18-/m1/s1. The first-order chi connectivity index (χ1) is 11.4. The molecule has 0 spiro atoms. The third kappa shape index (κ3) is 5.64. The van der Waals surface area contributed by atoms with E-state index in [4.69, 9.17) is 4.74 Å². The first-order valence-corrected chi connectivity index (χ1v) is 8.22. The van der Waals surface area contributed by atoms with Crippen molar-refractivity contribution < 1.29 is 14.9 Å². The van der Waals surface area contributed by atoms with E-state index in [1.165, 1.54) is 0 Å². The molecule has 0 saturated heterocycles. The van der Waals surface area contributed by atoms with Crippen molar-refractivity contribution in [3.8, 4) is 5.75 Å². The lowest BCUT2D eigenvalue weighted by atomic mass is 10.0. The summed E-state index contributed by atoms with van der Waals surface area (Å²) < 4.78 is 5.81. The number of benzene rings is 2. The third-order valence-corrected chi connectivity index (χ3v) is 3.70. The van der Waals surface area contributed by atoms with Gasteiger partial charge in [0.2, 0.25) is 0 Å². The lowest BCUT2D eigenvalue weighted by molar-refractivity contribution is 0.162. The molecule has 3 N–H and O–H groups in total. The Kier molecular flexibility index (Phi) is 6.37. The van der Waals surface area contributed by atoms with Crippen LogP contribution in [0.5, 0.6) is 5.75 Å². The van der Waals surface area contributed by atoms with Crippen molar-refractivity contribution in [2.24, 2.45) is 0 Å². The lowest BCUT2D eigenvalue weighted by Gasteiger charge is -2.23. The van der Waals surface area contributed by atoms with Gasteiger partial charge in [0.25, 0.3) is 0 Å². The molecule has 2 aromatic rings. The normalized spacial score (nSPS) is 12.9. The molecule has 0 aromatic heterocycles. The van der Waals surface area contributed by atoms with E-state index < -0.39 is 6.10 Å². The second-order valence-electron chi connectivity index (χ2n) is 6.95. The van der Waals surface area contributed by atoms with Crippen LogP contribution in [0.4, 0.5) is 0 Å². The van der Waals surface area contributed by atoms with Crippen molar-refractivity contribution in [2.75, 3.05) is 6.54 Å². The average Bonchev–Trinajstić information content (AvgIpc) is 2.58. The lowest BCUT2D eigenvalue weighted by Crippen LogP contribution is -2.38. The minimum atomic E-state index is -0.627. The maximum Gasteiger partial charge on any atom is 0.125 e. The summed E-state index contributed by atoms with van der Waals surface area (Å²) in [6.07, 6.45) is -0.627. The van der Waals surface area contributed by atoms with Gasteiger partial charge in [0.1, 0.15) is 12.4 Å². The summed E-state index contributed by atoms with van der Waals surface area (Å²) in [4.78, 5) is 0. The molecule has 0 heterocycles. The first kappa shape index (κ1) is 18.5. The molecular formula is C20H27NO3. The van der Waals surface area contributed by atoms with E-state index in [0.717, 1.165) is 11.1 Å². The molecule has 0 amide bonds. The van der Waals surface area contributed by atoms with Crippen LogP contribution in [-0.4, -0.2) is 22.3 Å². The van der Waals surface area contributed by atoms with Gasteiger partial charge in [0.15, 0.2) is 0 Å². The van der Waals surface area contributed by atoms with Crippen LogP contribution >= 0.6 is 0 Å². The topological polar surface area (TPSA) is 61.7 Å². The van der Waals surface area contributed by atoms with Crippen LogP contribution in [0, 0.1) is 0 Å². The number of rotatable bonds is 7. The molecule has 0 saturated carbocycles. The zero-order chi connectivity index (χ0) is 17.6. The summed E-state index contributed by atoms with van der Waals surface area (Å²) in [5.41, 5.74) is 2.46. The fourth-order valence-electron chi connectivity index (χ4n) is 2.33. The highest BCUT2D eigenvalue weighted by Gasteiger charge is 2.15. The van der Waals surface area contributed by atoms with E-state index in [0.29, 0.717) is 24.5 Å². The number of β-amino-alcohol motifs (C(OH)–C–C–N with tert-alkyl or cyclic N) is 1. The molecule has 0 fully saturated rings. The van der Waals surface area contributed by atoms with E-state index >= 15 is 0 Å². The minimum absolute atomic E-state index is 0.0560. The molecule has 1 atom stereocenters. The Morgan fingerprint density at radius 1 is 1.08 bits per heavy atom. The van der Waals surface area contributed by atoms with Crippen molar-refractivity contribution >= 4 is 0 Å². The van der Waals surface area contributed by atoms with E-state index in [-0.39, 0.29) is 12.1 Å². The molecule has 0 aliphatic carbocycles. The molecule has 0 aliphatic heterocycles. The molecule has 4 heteroatoms. The number of ether oxygens (including phenoxy) is 1. The van der Waals surface area contributed by atoms with Gasteiger partial charge < -0.3 is 20.3 Å². The van der Waals surface area contributed by atoms with Crippen LogP contribution in [0.2, 0.25) is 0 Å². The molecule has 24 heavy (non-hydrogen) atoms. The highest BCUT2D eigenvalue weighted by atomic mass is 16.5.